The maximum absolute atomic E-state index is 6.00. The number of hydrogen-bond acceptors (Lipinski definition) is 4. The van der Waals surface area contributed by atoms with Gasteiger partial charge in [-0.25, -0.2) is 0 Å². The van der Waals surface area contributed by atoms with Gasteiger partial charge in [0.05, 0.1) is 6.04 Å². The third-order valence-corrected chi connectivity index (χ3v) is 3.26. The molecule has 0 bridgehead atoms. The molecule has 3 aromatic rings. The highest BCUT2D eigenvalue weighted by molar-refractivity contribution is 5.83. The Balaban J connectivity index is 1.97. The molecule has 0 fully saturated rings. The molecule has 2 aromatic heterocycles. The highest BCUT2D eigenvalue weighted by Crippen LogP contribution is 2.24. The van der Waals surface area contributed by atoms with Crippen LogP contribution < -0.4 is 5.73 Å². The van der Waals surface area contributed by atoms with E-state index in [0.29, 0.717) is 11.7 Å². The molecule has 3 N–H and O–H groups in total. The number of aromatic nitrogens is 3. The fourth-order valence-corrected chi connectivity index (χ4v) is 1.97. The number of nitrogens with zero attached hydrogens (tertiary/aromatic N) is 2. The molecule has 0 aliphatic rings. The summed E-state index contributed by atoms with van der Waals surface area (Å²) in [5.41, 5.74) is 8.02. The van der Waals surface area contributed by atoms with Crippen molar-refractivity contribution in [3.05, 3.63) is 36.4 Å². The fourth-order valence-electron chi connectivity index (χ4n) is 1.97. The van der Waals surface area contributed by atoms with E-state index in [0.717, 1.165) is 16.5 Å². The van der Waals surface area contributed by atoms with Gasteiger partial charge in [0.1, 0.15) is 0 Å². The Kier molecular flexibility index (Phi) is 2.83. The molecule has 19 heavy (non-hydrogen) atoms. The maximum atomic E-state index is 6.00. The third kappa shape index (κ3) is 2.13. The first-order valence-electron chi connectivity index (χ1n) is 6.32. The molecule has 2 heterocycles. The van der Waals surface area contributed by atoms with Crippen LogP contribution in [0.1, 0.15) is 25.8 Å². The minimum atomic E-state index is -0.225. The van der Waals surface area contributed by atoms with Crippen LogP contribution in [0.3, 0.4) is 0 Å². The van der Waals surface area contributed by atoms with Gasteiger partial charge in [-0.15, -0.1) is 0 Å². The molecule has 98 valence electrons. The number of fused-ring (bicyclic) bond motifs is 1. The normalized spacial score (nSPS) is 13.3. The van der Waals surface area contributed by atoms with E-state index in [2.05, 4.69) is 15.1 Å². The predicted octanol–water partition coefficient (Wildman–Crippen LogP) is 2.87. The molecule has 5 heteroatoms. The largest absolute Gasteiger partial charge is 0.361 e. The third-order valence-electron chi connectivity index (χ3n) is 3.26. The summed E-state index contributed by atoms with van der Waals surface area (Å²) in [5, 5.41) is 5.13. The molecule has 0 aliphatic carbocycles. The van der Waals surface area contributed by atoms with E-state index in [1.807, 2.05) is 44.3 Å². The number of rotatable bonds is 3. The quantitative estimate of drug-likeness (QED) is 0.755. The van der Waals surface area contributed by atoms with Crippen LogP contribution in [0.5, 0.6) is 0 Å². The molecular weight excluding hydrogens is 240 g/mol. The molecule has 0 unspecified atom stereocenters. The lowest BCUT2D eigenvalue weighted by atomic mass is 10.1. The van der Waals surface area contributed by atoms with E-state index in [9.17, 15) is 0 Å². The molecule has 0 aliphatic heterocycles. The second kappa shape index (κ2) is 4.51. The smallest absolute Gasteiger partial charge is 0.244 e. The van der Waals surface area contributed by atoms with Crippen LogP contribution in [-0.2, 0) is 0 Å². The number of nitrogens with one attached hydrogen (secondary N) is 1. The van der Waals surface area contributed by atoms with Crippen LogP contribution >= 0.6 is 0 Å². The Morgan fingerprint density at radius 1 is 1.26 bits per heavy atom. The SMILES string of the molecule is CC(C)[C@H](N)c1nc(-c2ccc3[nH]ccc3c2)no1. The summed E-state index contributed by atoms with van der Waals surface area (Å²) in [6.45, 7) is 4.06. The summed E-state index contributed by atoms with van der Waals surface area (Å²) in [7, 11) is 0. The van der Waals surface area contributed by atoms with Crippen LogP contribution in [0.4, 0.5) is 0 Å². The van der Waals surface area contributed by atoms with Crippen LogP contribution in [0.15, 0.2) is 35.0 Å². The van der Waals surface area contributed by atoms with Crippen molar-refractivity contribution in [2.24, 2.45) is 11.7 Å². The zero-order valence-electron chi connectivity index (χ0n) is 10.9. The summed E-state index contributed by atoms with van der Waals surface area (Å²) in [6.07, 6.45) is 1.91. The molecule has 0 saturated carbocycles. The van der Waals surface area contributed by atoms with E-state index in [1.165, 1.54) is 0 Å². The van der Waals surface area contributed by atoms with Gasteiger partial charge in [-0.3, -0.25) is 0 Å². The molecule has 3 rings (SSSR count). The zero-order chi connectivity index (χ0) is 13.4. The average Bonchev–Trinajstić information content (AvgIpc) is 3.05. The number of benzene rings is 1. The predicted molar refractivity (Wildman–Crippen MR) is 73.4 cm³/mol. The van der Waals surface area contributed by atoms with Crippen molar-refractivity contribution in [1.29, 1.82) is 0 Å². The van der Waals surface area contributed by atoms with E-state index in [-0.39, 0.29) is 12.0 Å². The molecule has 1 aromatic carbocycles. The van der Waals surface area contributed by atoms with Crippen molar-refractivity contribution in [2.75, 3.05) is 0 Å². The Hall–Kier alpha value is -2.14. The van der Waals surface area contributed by atoms with Crippen LogP contribution in [0.2, 0.25) is 0 Å². The highest BCUT2D eigenvalue weighted by Gasteiger charge is 2.18. The second-order valence-corrected chi connectivity index (χ2v) is 5.01. The molecule has 0 amide bonds. The van der Waals surface area contributed by atoms with Gasteiger partial charge in [0, 0.05) is 22.7 Å². The van der Waals surface area contributed by atoms with Gasteiger partial charge >= 0.3 is 0 Å². The summed E-state index contributed by atoms with van der Waals surface area (Å²) >= 11 is 0. The van der Waals surface area contributed by atoms with E-state index in [4.69, 9.17) is 10.3 Å². The first-order chi connectivity index (χ1) is 9.15. The van der Waals surface area contributed by atoms with Crippen LogP contribution in [-0.4, -0.2) is 15.1 Å². The van der Waals surface area contributed by atoms with Crippen LogP contribution in [0.25, 0.3) is 22.3 Å². The van der Waals surface area contributed by atoms with Crippen molar-refractivity contribution >= 4 is 10.9 Å². The van der Waals surface area contributed by atoms with Gasteiger partial charge in [-0.1, -0.05) is 19.0 Å². The molecule has 0 spiro atoms. The number of H-pyrrole nitrogens is 1. The van der Waals surface area contributed by atoms with Gasteiger partial charge in [0.2, 0.25) is 11.7 Å². The van der Waals surface area contributed by atoms with Crippen molar-refractivity contribution in [3.63, 3.8) is 0 Å². The van der Waals surface area contributed by atoms with Gasteiger partial charge < -0.3 is 15.2 Å². The fraction of sp³-hybridized carbons (Fsp3) is 0.286. The molecule has 0 saturated heterocycles. The highest BCUT2D eigenvalue weighted by atomic mass is 16.5. The molecule has 5 nitrogen and oxygen atoms in total. The summed E-state index contributed by atoms with van der Waals surface area (Å²) in [6, 6.07) is 7.79. The Labute approximate surface area is 110 Å². The van der Waals surface area contributed by atoms with E-state index in [1.54, 1.807) is 0 Å². The Morgan fingerprint density at radius 3 is 2.89 bits per heavy atom. The Bertz CT molecular complexity index is 698. The number of nitrogens with two attached hydrogens (primary N) is 1. The average molecular weight is 256 g/mol. The Morgan fingerprint density at radius 2 is 2.11 bits per heavy atom. The maximum Gasteiger partial charge on any atom is 0.244 e. The lowest BCUT2D eigenvalue weighted by molar-refractivity contribution is 0.325. The van der Waals surface area contributed by atoms with Gasteiger partial charge in [0.15, 0.2) is 0 Å². The van der Waals surface area contributed by atoms with Crippen molar-refractivity contribution in [1.82, 2.24) is 15.1 Å². The molecule has 0 radical (unpaired) electrons. The lowest BCUT2D eigenvalue weighted by Crippen LogP contribution is -2.16. The van der Waals surface area contributed by atoms with Crippen molar-refractivity contribution < 1.29 is 4.52 Å². The molecule has 1 atom stereocenters. The van der Waals surface area contributed by atoms with Gasteiger partial charge in [-0.2, -0.15) is 4.98 Å². The summed E-state index contributed by atoms with van der Waals surface area (Å²) in [4.78, 5) is 7.53. The summed E-state index contributed by atoms with van der Waals surface area (Å²) < 4.78 is 5.24. The number of hydrogen-bond donors (Lipinski definition) is 2. The first kappa shape index (κ1) is 11.9. The van der Waals surface area contributed by atoms with Crippen molar-refractivity contribution in [3.8, 4) is 11.4 Å². The zero-order valence-corrected chi connectivity index (χ0v) is 10.9. The minimum Gasteiger partial charge on any atom is -0.361 e. The number of aromatic amines is 1. The van der Waals surface area contributed by atoms with Gasteiger partial charge in [-0.05, 0) is 30.2 Å². The lowest BCUT2D eigenvalue weighted by Gasteiger charge is -2.09. The van der Waals surface area contributed by atoms with Crippen LogP contribution in [0, 0.1) is 5.92 Å². The molecular formula is C14H16N4O. The summed E-state index contributed by atoms with van der Waals surface area (Å²) in [5.74, 6) is 1.33. The first-order valence-corrected chi connectivity index (χ1v) is 6.32. The minimum absolute atomic E-state index is 0.225. The van der Waals surface area contributed by atoms with Gasteiger partial charge in [0.25, 0.3) is 0 Å². The van der Waals surface area contributed by atoms with E-state index < -0.39 is 0 Å². The second-order valence-electron chi connectivity index (χ2n) is 5.01. The van der Waals surface area contributed by atoms with E-state index >= 15 is 0 Å². The van der Waals surface area contributed by atoms with Crippen molar-refractivity contribution in [2.45, 2.75) is 19.9 Å². The standard InChI is InChI=1S/C14H16N4O/c1-8(2)12(15)14-17-13(18-19-14)10-3-4-11-9(7-10)5-6-16-11/h3-8,12,16H,15H2,1-2H3/t12-/m0/s1. The monoisotopic (exact) mass is 256 g/mol. The topological polar surface area (TPSA) is 80.7 Å².